The standard InChI is InChI=1S/C17H22N2S/c1-4-9-18-12-15-6-5-10-19-17(15)20-16-8-7-13(2)11-14(16)3/h5-8,10-11,18H,4,9,12H2,1-3H3. The molecule has 0 amide bonds. The zero-order valence-corrected chi connectivity index (χ0v) is 13.3. The average molecular weight is 286 g/mol. The largest absolute Gasteiger partial charge is 0.313 e. The first-order valence-electron chi connectivity index (χ1n) is 7.10. The lowest BCUT2D eigenvalue weighted by Crippen LogP contribution is -2.14. The molecule has 2 rings (SSSR count). The molecule has 0 saturated carbocycles. The van der Waals surface area contributed by atoms with Gasteiger partial charge in [-0.05, 0) is 50.1 Å². The van der Waals surface area contributed by atoms with Crippen LogP contribution in [0.4, 0.5) is 0 Å². The Hall–Kier alpha value is -1.32. The minimum Gasteiger partial charge on any atom is -0.313 e. The molecule has 2 nitrogen and oxygen atoms in total. The van der Waals surface area contributed by atoms with Gasteiger partial charge in [-0.3, -0.25) is 0 Å². The topological polar surface area (TPSA) is 24.9 Å². The number of aryl methyl sites for hydroxylation is 2. The van der Waals surface area contributed by atoms with Crippen molar-refractivity contribution in [3.8, 4) is 0 Å². The summed E-state index contributed by atoms with van der Waals surface area (Å²) in [5, 5.41) is 4.55. The molecule has 0 radical (unpaired) electrons. The third-order valence-electron chi connectivity index (χ3n) is 3.13. The number of rotatable bonds is 6. The molecule has 1 heterocycles. The SMILES string of the molecule is CCCNCc1cccnc1Sc1ccc(C)cc1C. The second-order valence-electron chi connectivity index (χ2n) is 5.02. The number of nitrogens with one attached hydrogen (secondary N) is 1. The zero-order valence-electron chi connectivity index (χ0n) is 12.4. The minimum absolute atomic E-state index is 0.884. The molecule has 0 unspecified atom stereocenters. The van der Waals surface area contributed by atoms with Gasteiger partial charge in [0.25, 0.3) is 0 Å². The van der Waals surface area contributed by atoms with E-state index in [-0.39, 0.29) is 0 Å². The summed E-state index contributed by atoms with van der Waals surface area (Å²) in [5.41, 5.74) is 3.89. The summed E-state index contributed by atoms with van der Waals surface area (Å²) < 4.78 is 0. The van der Waals surface area contributed by atoms with Crippen molar-refractivity contribution in [1.82, 2.24) is 10.3 Å². The Labute approximate surface area is 126 Å². The number of nitrogens with zero attached hydrogens (tertiary/aromatic N) is 1. The second kappa shape index (κ2) is 7.46. The first-order chi connectivity index (χ1) is 9.70. The molecule has 0 spiro atoms. The smallest absolute Gasteiger partial charge is 0.105 e. The van der Waals surface area contributed by atoms with E-state index in [1.165, 1.54) is 21.6 Å². The van der Waals surface area contributed by atoms with Gasteiger partial charge in [-0.2, -0.15) is 0 Å². The molecule has 0 saturated heterocycles. The van der Waals surface area contributed by atoms with Gasteiger partial charge in [0.15, 0.2) is 0 Å². The van der Waals surface area contributed by atoms with Gasteiger partial charge in [-0.1, -0.05) is 42.4 Å². The quantitative estimate of drug-likeness (QED) is 0.799. The molecule has 1 aromatic heterocycles. The van der Waals surface area contributed by atoms with E-state index in [1.54, 1.807) is 11.8 Å². The number of pyridine rings is 1. The molecule has 0 aliphatic rings. The van der Waals surface area contributed by atoms with Crippen LogP contribution in [0.3, 0.4) is 0 Å². The average Bonchev–Trinajstić information content (AvgIpc) is 2.44. The fourth-order valence-electron chi connectivity index (χ4n) is 2.07. The first kappa shape index (κ1) is 15.1. The van der Waals surface area contributed by atoms with Crippen LogP contribution in [0, 0.1) is 13.8 Å². The van der Waals surface area contributed by atoms with Crippen molar-refractivity contribution in [1.29, 1.82) is 0 Å². The van der Waals surface area contributed by atoms with Crippen LogP contribution in [0.2, 0.25) is 0 Å². The van der Waals surface area contributed by atoms with E-state index in [0.717, 1.165) is 24.5 Å². The molecule has 20 heavy (non-hydrogen) atoms. The van der Waals surface area contributed by atoms with Gasteiger partial charge in [0, 0.05) is 17.6 Å². The minimum atomic E-state index is 0.884. The van der Waals surface area contributed by atoms with Crippen LogP contribution in [0.1, 0.15) is 30.0 Å². The van der Waals surface area contributed by atoms with Gasteiger partial charge in [0.05, 0.1) is 0 Å². The lowest BCUT2D eigenvalue weighted by molar-refractivity contribution is 0.665. The maximum atomic E-state index is 4.54. The van der Waals surface area contributed by atoms with Crippen LogP contribution in [0.25, 0.3) is 0 Å². The van der Waals surface area contributed by atoms with Crippen molar-refractivity contribution in [2.24, 2.45) is 0 Å². The van der Waals surface area contributed by atoms with Gasteiger partial charge in [0.1, 0.15) is 5.03 Å². The van der Waals surface area contributed by atoms with Gasteiger partial charge in [0.2, 0.25) is 0 Å². The molecular formula is C17H22N2S. The van der Waals surface area contributed by atoms with E-state index in [1.807, 2.05) is 12.3 Å². The number of hydrogen-bond acceptors (Lipinski definition) is 3. The predicted octanol–water partition coefficient (Wildman–Crippen LogP) is 4.35. The maximum Gasteiger partial charge on any atom is 0.105 e. The maximum absolute atomic E-state index is 4.54. The molecule has 2 aromatic rings. The van der Waals surface area contributed by atoms with Crippen LogP contribution in [0.15, 0.2) is 46.5 Å². The molecule has 0 aliphatic carbocycles. The lowest BCUT2D eigenvalue weighted by atomic mass is 10.2. The molecular weight excluding hydrogens is 264 g/mol. The van der Waals surface area contributed by atoms with Crippen LogP contribution in [0.5, 0.6) is 0 Å². The van der Waals surface area contributed by atoms with Gasteiger partial charge in [-0.15, -0.1) is 0 Å². The van der Waals surface area contributed by atoms with Crippen molar-refractivity contribution in [2.45, 2.75) is 43.7 Å². The predicted molar refractivity (Wildman–Crippen MR) is 86.3 cm³/mol. The van der Waals surface area contributed by atoms with Crippen LogP contribution >= 0.6 is 11.8 Å². The Morgan fingerprint density at radius 2 is 2.05 bits per heavy atom. The Morgan fingerprint density at radius 3 is 2.80 bits per heavy atom. The normalized spacial score (nSPS) is 10.8. The molecule has 3 heteroatoms. The van der Waals surface area contributed by atoms with Gasteiger partial charge < -0.3 is 5.32 Å². The highest BCUT2D eigenvalue weighted by Gasteiger charge is 2.07. The second-order valence-corrected chi connectivity index (χ2v) is 6.05. The summed E-state index contributed by atoms with van der Waals surface area (Å²) >= 11 is 1.76. The fraction of sp³-hybridized carbons (Fsp3) is 0.353. The Kier molecular flexibility index (Phi) is 5.62. The van der Waals surface area contributed by atoms with Crippen molar-refractivity contribution >= 4 is 11.8 Å². The molecule has 106 valence electrons. The summed E-state index contributed by atoms with van der Waals surface area (Å²) in [4.78, 5) is 5.82. The summed E-state index contributed by atoms with van der Waals surface area (Å²) in [7, 11) is 0. The first-order valence-corrected chi connectivity index (χ1v) is 7.92. The summed E-state index contributed by atoms with van der Waals surface area (Å²) in [6.45, 7) is 8.40. The number of aromatic nitrogens is 1. The molecule has 0 fully saturated rings. The third kappa shape index (κ3) is 4.09. The highest BCUT2D eigenvalue weighted by molar-refractivity contribution is 7.99. The van der Waals surface area contributed by atoms with E-state index >= 15 is 0 Å². The summed E-state index contributed by atoms with van der Waals surface area (Å²) in [6.07, 6.45) is 3.02. The highest BCUT2D eigenvalue weighted by atomic mass is 32.2. The molecule has 1 N–H and O–H groups in total. The molecule has 1 aromatic carbocycles. The molecule has 0 aliphatic heterocycles. The zero-order chi connectivity index (χ0) is 14.4. The van der Waals surface area contributed by atoms with E-state index in [0.29, 0.717) is 0 Å². The van der Waals surface area contributed by atoms with Crippen molar-refractivity contribution in [2.75, 3.05) is 6.54 Å². The Balaban J connectivity index is 2.16. The van der Waals surface area contributed by atoms with Gasteiger partial charge >= 0.3 is 0 Å². The lowest BCUT2D eigenvalue weighted by Gasteiger charge is -2.10. The molecule has 0 bridgehead atoms. The fourth-order valence-corrected chi connectivity index (χ4v) is 3.02. The van der Waals surface area contributed by atoms with Crippen LogP contribution in [-0.2, 0) is 6.54 Å². The number of hydrogen-bond donors (Lipinski definition) is 1. The summed E-state index contributed by atoms with van der Waals surface area (Å²) in [5.74, 6) is 0. The Morgan fingerprint density at radius 1 is 1.20 bits per heavy atom. The third-order valence-corrected chi connectivity index (χ3v) is 4.37. The van der Waals surface area contributed by atoms with E-state index < -0.39 is 0 Å². The Bertz CT molecular complexity index is 567. The monoisotopic (exact) mass is 286 g/mol. The van der Waals surface area contributed by atoms with Crippen LogP contribution in [-0.4, -0.2) is 11.5 Å². The van der Waals surface area contributed by atoms with E-state index in [9.17, 15) is 0 Å². The van der Waals surface area contributed by atoms with Crippen molar-refractivity contribution in [3.63, 3.8) is 0 Å². The van der Waals surface area contributed by atoms with E-state index in [4.69, 9.17) is 0 Å². The number of benzene rings is 1. The van der Waals surface area contributed by atoms with E-state index in [2.05, 4.69) is 55.3 Å². The van der Waals surface area contributed by atoms with Crippen molar-refractivity contribution < 1.29 is 0 Å². The molecule has 0 atom stereocenters. The van der Waals surface area contributed by atoms with Crippen molar-refractivity contribution in [3.05, 3.63) is 53.2 Å². The van der Waals surface area contributed by atoms with Gasteiger partial charge in [-0.25, -0.2) is 4.98 Å². The van der Waals surface area contributed by atoms with Crippen LogP contribution < -0.4 is 5.32 Å². The highest BCUT2D eigenvalue weighted by Crippen LogP contribution is 2.31. The summed E-state index contributed by atoms with van der Waals surface area (Å²) in [6, 6.07) is 10.7.